The number of aromatic nitrogens is 1. The Morgan fingerprint density at radius 2 is 2.00 bits per heavy atom. The topological polar surface area (TPSA) is 114 Å². The summed E-state index contributed by atoms with van der Waals surface area (Å²) in [4.78, 5) is 24.1. The fourth-order valence-electron chi connectivity index (χ4n) is 3.62. The van der Waals surface area contributed by atoms with Gasteiger partial charge in [-0.1, -0.05) is 36.8 Å². The highest BCUT2D eigenvalue weighted by molar-refractivity contribution is 6.01. The SMILES string of the molecule is C=NC(C#N)=N/C=C(\C)CC(C)c1ccc2c(-c3ccc(OC)cc3)cc(C(N)=O)nc2c1. The summed E-state index contributed by atoms with van der Waals surface area (Å²) in [5.41, 5.74) is 10.4. The van der Waals surface area contributed by atoms with E-state index in [1.165, 1.54) is 0 Å². The molecule has 0 saturated carbocycles. The Morgan fingerprint density at radius 1 is 1.27 bits per heavy atom. The van der Waals surface area contributed by atoms with Gasteiger partial charge in [0.1, 0.15) is 17.5 Å². The lowest BCUT2D eigenvalue weighted by atomic mass is 9.92. The first-order chi connectivity index (χ1) is 15.9. The molecular formula is C26H25N5O2. The standard InChI is InChI=1S/C26H25N5O2/c1-16(15-30-25(14-27)29-3)11-17(2)19-7-10-21-22(18-5-8-20(33-4)9-6-18)13-24(26(28)32)31-23(21)12-19/h5-10,12-13,15,17H,3,11H2,1-2,4H3,(H2,28,32)/b16-15+,30-25?. The second kappa shape index (κ2) is 10.3. The highest BCUT2D eigenvalue weighted by Crippen LogP contribution is 2.33. The number of aliphatic imine (C=N–C) groups is 2. The van der Waals surface area contributed by atoms with Gasteiger partial charge in [0.25, 0.3) is 5.91 Å². The summed E-state index contributed by atoms with van der Waals surface area (Å²) in [7, 11) is 1.62. The van der Waals surface area contributed by atoms with Crippen LogP contribution in [-0.2, 0) is 0 Å². The second-order valence-electron chi connectivity index (χ2n) is 7.73. The second-order valence-corrected chi connectivity index (χ2v) is 7.73. The molecule has 7 heteroatoms. The molecule has 166 valence electrons. The molecule has 0 bridgehead atoms. The van der Waals surface area contributed by atoms with Crippen molar-refractivity contribution in [3.05, 3.63) is 71.6 Å². The minimum atomic E-state index is -0.578. The largest absolute Gasteiger partial charge is 0.497 e. The number of fused-ring (bicyclic) bond motifs is 1. The van der Waals surface area contributed by atoms with Crippen LogP contribution in [0.25, 0.3) is 22.0 Å². The van der Waals surface area contributed by atoms with Crippen LogP contribution < -0.4 is 10.5 Å². The van der Waals surface area contributed by atoms with Gasteiger partial charge in [-0.2, -0.15) is 5.26 Å². The maximum Gasteiger partial charge on any atom is 0.267 e. The number of methoxy groups -OCH3 is 1. The molecule has 2 N–H and O–H groups in total. The van der Waals surface area contributed by atoms with Crippen LogP contribution in [0, 0.1) is 11.3 Å². The van der Waals surface area contributed by atoms with Gasteiger partial charge < -0.3 is 10.5 Å². The molecule has 1 amide bonds. The van der Waals surface area contributed by atoms with E-state index in [-0.39, 0.29) is 17.4 Å². The van der Waals surface area contributed by atoms with Crippen molar-refractivity contribution in [1.82, 2.24) is 4.98 Å². The molecule has 0 aliphatic rings. The highest BCUT2D eigenvalue weighted by Gasteiger charge is 2.14. The number of hydrogen-bond donors (Lipinski definition) is 1. The predicted molar refractivity (Wildman–Crippen MR) is 132 cm³/mol. The first kappa shape index (κ1) is 23.4. The first-order valence-electron chi connectivity index (χ1n) is 10.4. The molecule has 0 aliphatic heterocycles. The average Bonchev–Trinajstić information content (AvgIpc) is 2.83. The minimum absolute atomic E-state index is 0.0296. The lowest BCUT2D eigenvalue weighted by Gasteiger charge is -2.15. The zero-order chi connectivity index (χ0) is 24.0. The molecule has 0 fully saturated rings. The third-order valence-corrected chi connectivity index (χ3v) is 5.34. The number of primary amides is 1. The molecule has 0 radical (unpaired) electrons. The van der Waals surface area contributed by atoms with Gasteiger partial charge in [0.2, 0.25) is 5.84 Å². The van der Waals surface area contributed by atoms with Crippen LogP contribution >= 0.6 is 0 Å². The van der Waals surface area contributed by atoms with Crippen LogP contribution in [0.4, 0.5) is 0 Å². The molecular weight excluding hydrogens is 414 g/mol. The molecule has 1 atom stereocenters. The van der Waals surface area contributed by atoms with Crippen LogP contribution in [0.5, 0.6) is 5.75 Å². The van der Waals surface area contributed by atoms with Crippen LogP contribution in [0.2, 0.25) is 0 Å². The van der Waals surface area contributed by atoms with Crippen LogP contribution in [-0.4, -0.2) is 30.6 Å². The van der Waals surface area contributed by atoms with E-state index in [2.05, 4.69) is 34.7 Å². The number of carbonyl (C=O) groups is 1. The summed E-state index contributed by atoms with van der Waals surface area (Å²) in [6.45, 7) is 7.37. The maximum atomic E-state index is 12.0. The zero-order valence-corrected chi connectivity index (χ0v) is 18.9. The van der Waals surface area contributed by atoms with Crippen LogP contribution in [0.15, 0.2) is 70.3 Å². The Morgan fingerprint density at radius 3 is 2.61 bits per heavy atom. The Labute approximate surface area is 193 Å². The molecule has 1 unspecified atom stereocenters. The van der Waals surface area contributed by atoms with Gasteiger partial charge in [-0.3, -0.25) is 4.79 Å². The number of nitrogens with zero attached hydrogens (tertiary/aromatic N) is 4. The zero-order valence-electron chi connectivity index (χ0n) is 18.9. The Kier molecular flexibility index (Phi) is 7.31. The first-order valence-corrected chi connectivity index (χ1v) is 10.4. The van der Waals surface area contributed by atoms with Gasteiger partial charge in [0.15, 0.2) is 0 Å². The van der Waals surface area contributed by atoms with Gasteiger partial charge in [-0.15, -0.1) is 0 Å². The smallest absolute Gasteiger partial charge is 0.267 e. The van der Waals surface area contributed by atoms with Gasteiger partial charge in [-0.25, -0.2) is 15.0 Å². The summed E-state index contributed by atoms with van der Waals surface area (Å²) in [6, 6.07) is 17.3. The van der Waals surface area contributed by atoms with E-state index in [9.17, 15) is 4.79 Å². The normalized spacial score (nSPS) is 12.8. The van der Waals surface area contributed by atoms with E-state index in [0.717, 1.165) is 39.8 Å². The predicted octanol–water partition coefficient (Wildman–Crippen LogP) is 5.03. The van der Waals surface area contributed by atoms with Crippen molar-refractivity contribution in [3.8, 4) is 22.9 Å². The van der Waals surface area contributed by atoms with Crippen molar-refractivity contribution >= 4 is 29.4 Å². The van der Waals surface area contributed by atoms with Crippen LogP contribution in [0.1, 0.15) is 42.2 Å². The fraction of sp³-hybridized carbons (Fsp3) is 0.192. The van der Waals surface area contributed by atoms with Crippen molar-refractivity contribution in [2.45, 2.75) is 26.2 Å². The number of amides is 1. The lowest BCUT2D eigenvalue weighted by molar-refractivity contribution is 0.0996. The molecule has 3 aromatic rings. The monoisotopic (exact) mass is 439 g/mol. The Bertz CT molecular complexity index is 1300. The van der Waals surface area contributed by atoms with Crippen molar-refractivity contribution in [3.63, 3.8) is 0 Å². The van der Waals surface area contributed by atoms with Crippen molar-refractivity contribution in [2.75, 3.05) is 7.11 Å². The molecule has 33 heavy (non-hydrogen) atoms. The molecule has 2 aromatic carbocycles. The van der Waals surface area contributed by atoms with E-state index >= 15 is 0 Å². The molecule has 1 aromatic heterocycles. The number of carbonyl (C=O) groups excluding carboxylic acids is 1. The van der Waals surface area contributed by atoms with Crippen molar-refractivity contribution < 1.29 is 9.53 Å². The summed E-state index contributed by atoms with van der Waals surface area (Å²) in [5, 5.41) is 9.83. The number of amidine groups is 1. The third kappa shape index (κ3) is 5.49. The van der Waals surface area contributed by atoms with Crippen molar-refractivity contribution in [2.24, 2.45) is 15.7 Å². The average molecular weight is 440 g/mol. The summed E-state index contributed by atoms with van der Waals surface area (Å²) >= 11 is 0. The number of allylic oxidation sites excluding steroid dienone is 1. The van der Waals surface area contributed by atoms with Crippen molar-refractivity contribution in [1.29, 1.82) is 5.26 Å². The molecule has 0 saturated heterocycles. The molecule has 1 heterocycles. The molecule has 3 rings (SSSR count). The molecule has 0 spiro atoms. The van der Waals surface area contributed by atoms with Gasteiger partial charge >= 0.3 is 0 Å². The summed E-state index contributed by atoms with van der Waals surface area (Å²) in [5.74, 6) is 0.362. The van der Waals surface area contributed by atoms with Gasteiger partial charge in [0.05, 0.1) is 12.6 Å². The number of hydrogen-bond acceptors (Lipinski definition) is 5. The summed E-state index contributed by atoms with van der Waals surface area (Å²) < 4.78 is 5.25. The number of pyridine rings is 1. The maximum absolute atomic E-state index is 12.0. The van der Waals surface area contributed by atoms with Gasteiger partial charge in [0, 0.05) is 11.6 Å². The van der Waals surface area contributed by atoms with Crippen LogP contribution in [0.3, 0.4) is 0 Å². The summed E-state index contributed by atoms with van der Waals surface area (Å²) in [6.07, 6.45) is 2.36. The number of nitriles is 1. The quantitative estimate of drug-likeness (QED) is 0.411. The van der Waals surface area contributed by atoms with E-state index in [0.29, 0.717) is 5.52 Å². The number of rotatable bonds is 7. The number of ether oxygens (including phenoxy) is 1. The molecule has 0 aliphatic carbocycles. The third-order valence-electron chi connectivity index (χ3n) is 5.34. The number of nitrogens with two attached hydrogens (primary N) is 1. The van der Waals surface area contributed by atoms with E-state index < -0.39 is 5.91 Å². The van der Waals surface area contributed by atoms with Gasteiger partial charge in [-0.05, 0) is 66.9 Å². The minimum Gasteiger partial charge on any atom is -0.497 e. The highest BCUT2D eigenvalue weighted by atomic mass is 16.5. The lowest BCUT2D eigenvalue weighted by Crippen LogP contribution is -2.13. The van der Waals surface area contributed by atoms with E-state index in [4.69, 9.17) is 15.7 Å². The molecule has 7 nitrogen and oxygen atoms in total. The Balaban J connectivity index is 2.00. The van der Waals surface area contributed by atoms with E-state index in [1.807, 2.05) is 49.4 Å². The Hall–Kier alpha value is -4.31. The fourth-order valence-corrected chi connectivity index (χ4v) is 3.62. The number of benzene rings is 2. The van der Waals surface area contributed by atoms with E-state index in [1.54, 1.807) is 19.4 Å².